The summed E-state index contributed by atoms with van der Waals surface area (Å²) < 4.78 is 2.28. The molecule has 0 atom stereocenters. The Morgan fingerprint density at radius 2 is 1.26 bits per heavy atom. The normalized spacial score (nSPS) is 11.7. The maximum Gasteiger partial charge on any atom is 0.134 e. The van der Waals surface area contributed by atoms with Crippen molar-refractivity contribution >= 4 is 0 Å². The summed E-state index contributed by atoms with van der Waals surface area (Å²) >= 11 is 0. The Bertz CT molecular complexity index is 1920. The quantitative estimate of drug-likeness (QED) is 0.105. The molecule has 0 spiro atoms. The van der Waals surface area contributed by atoms with Gasteiger partial charge in [0.1, 0.15) is 5.82 Å². The molecule has 241 valence electrons. The maximum atomic E-state index is 4.87. The van der Waals surface area contributed by atoms with E-state index in [2.05, 4.69) is 161 Å². The van der Waals surface area contributed by atoms with E-state index in [4.69, 9.17) is 10.2 Å². The Balaban J connectivity index is 0.00000433. The second kappa shape index (κ2) is 14.3. The van der Waals surface area contributed by atoms with Crippen molar-refractivity contribution < 1.29 is 19.5 Å². The molecule has 6 aromatic rings. The third kappa shape index (κ3) is 7.09. The molecule has 0 saturated heterocycles. The van der Waals surface area contributed by atoms with Crippen molar-refractivity contribution in [2.75, 3.05) is 0 Å². The van der Waals surface area contributed by atoms with E-state index in [1.807, 2.05) is 12.1 Å². The minimum absolute atomic E-state index is 0. The summed E-state index contributed by atoms with van der Waals surface area (Å²) in [5, 5.41) is 9.70. The molecule has 0 saturated carbocycles. The molecule has 5 aromatic carbocycles. The van der Waals surface area contributed by atoms with E-state index >= 15 is 0 Å². The molecule has 0 amide bonds. The largest absolute Gasteiger partial charge is 0.319 e. The fraction of sp³-hybridized carbons (Fsp3) is 0.256. The molecule has 47 heavy (non-hydrogen) atoms. The van der Waals surface area contributed by atoms with Crippen molar-refractivity contribution in [3.8, 4) is 39.3 Å². The number of aryl methyl sites for hydroxylation is 1. The molecule has 3 nitrogen and oxygen atoms in total. The Kier molecular flexibility index (Phi) is 10.4. The molecule has 4 heteroatoms. The van der Waals surface area contributed by atoms with Crippen LogP contribution in [0.15, 0.2) is 121 Å². The van der Waals surface area contributed by atoms with Crippen LogP contribution in [-0.2, 0) is 30.3 Å². The summed E-state index contributed by atoms with van der Waals surface area (Å²) in [5.41, 5.74) is 10.3. The molecule has 0 aliphatic rings. The van der Waals surface area contributed by atoms with Crippen LogP contribution >= 0.6 is 0 Å². The zero-order chi connectivity index (χ0) is 32.3. The third-order valence-corrected chi connectivity index (χ3v) is 9.45. The van der Waals surface area contributed by atoms with E-state index in [9.17, 15) is 0 Å². The zero-order valence-electron chi connectivity index (χ0n) is 28.3. The van der Waals surface area contributed by atoms with Gasteiger partial charge in [0.2, 0.25) is 0 Å². The Morgan fingerprint density at radius 3 is 1.91 bits per heavy atom. The van der Waals surface area contributed by atoms with Gasteiger partial charge in [-0.2, -0.15) is 5.10 Å². The van der Waals surface area contributed by atoms with E-state index < -0.39 is 0 Å². The molecule has 6 rings (SSSR count). The predicted molar refractivity (Wildman–Crippen MR) is 192 cm³/mol. The van der Waals surface area contributed by atoms with Crippen LogP contribution in [-0.4, -0.2) is 14.8 Å². The van der Waals surface area contributed by atoms with Crippen molar-refractivity contribution in [2.24, 2.45) is 0 Å². The van der Waals surface area contributed by atoms with Gasteiger partial charge in [0.25, 0.3) is 0 Å². The van der Waals surface area contributed by atoms with Crippen molar-refractivity contribution in [1.82, 2.24) is 14.8 Å². The van der Waals surface area contributed by atoms with E-state index in [1.54, 1.807) is 0 Å². The number of nitrogens with zero attached hydrogens (tertiary/aromatic N) is 3. The molecule has 0 N–H and O–H groups in total. The first-order chi connectivity index (χ1) is 22.2. The summed E-state index contributed by atoms with van der Waals surface area (Å²) in [6.07, 6.45) is 3.32. The first kappa shape index (κ1) is 34.2. The molecular formula is C43H44N3Rh-. The monoisotopic (exact) mass is 705 g/mol. The van der Waals surface area contributed by atoms with Crippen LogP contribution in [0.2, 0.25) is 0 Å². The van der Waals surface area contributed by atoms with Crippen LogP contribution in [0.1, 0.15) is 76.4 Å². The maximum absolute atomic E-state index is 4.87. The van der Waals surface area contributed by atoms with Crippen LogP contribution in [0.3, 0.4) is 0 Å². The summed E-state index contributed by atoms with van der Waals surface area (Å²) in [5.74, 6) is 1.80. The fourth-order valence-corrected chi connectivity index (χ4v) is 6.45. The van der Waals surface area contributed by atoms with Gasteiger partial charge >= 0.3 is 0 Å². The van der Waals surface area contributed by atoms with Crippen molar-refractivity contribution in [2.45, 2.75) is 71.6 Å². The standard InChI is InChI=1S/C43H44N3.Rh/c1-7-8-28-42(3,4)41-45-44-40(36-19-15-18-34(30-36)32-16-11-9-12-17-32)46(41)39-27-24-35(29-31(39)2)33-22-25-38(26-23-33)43(5,6)37-20-13-10-14-21-37;/h9-18,20-27,29-30H,7-8,28H2,1-6H3;/q-1;. The van der Waals surface area contributed by atoms with Gasteiger partial charge in [-0.05, 0) is 58.9 Å². The van der Waals surface area contributed by atoms with Crippen LogP contribution in [0.4, 0.5) is 0 Å². The smallest absolute Gasteiger partial charge is 0.134 e. The van der Waals surface area contributed by atoms with E-state index in [1.165, 1.54) is 33.4 Å². The fourth-order valence-electron chi connectivity index (χ4n) is 6.45. The number of benzene rings is 5. The first-order valence-electron chi connectivity index (χ1n) is 16.5. The molecule has 1 heterocycles. The topological polar surface area (TPSA) is 30.7 Å². The van der Waals surface area contributed by atoms with Gasteiger partial charge in [-0.15, -0.1) is 40.5 Å². The summed E-state index contributed by atoms with van der Waals surface area (Å²) in [4.78, 5) is 0. The Hall–Kier alpha value is -4.14. The number of hydrogen-bond donors (Lipinski definition) is 0. The number of aromatic nitrogens is 3. The molecular weight excluding hydrogens is 661 g/mol. The van der Waals surface area contributed by atoms with Crippen LogP contribution in [0, 0.1) is 13.0 Å². The molecule has 0 unspecified atom stereocenters. The summed E-state index contributed by atoms with van der Waals surface area (Å²) in [6, 6.07) is 46.8. The van der Waals surface area contributed by atoms with E-state index in [-0.39, 0.29) is 30.3 Å². The Labute approximate surface area is 293 Å². The van der Waals surface area contributed by atoms with Gasteiger partial charge in [-0.1, -0.05) is 138 Å². The SMILES string of the molecule is CCCCC(C)(C)c1nnc(-c2[c-]ccc(-c3ccccc3)c2)n1-c1ccc(-c2ccc(C(C)(C)c3ccccc3)cc2)cc1C.[Rh]. The van der Waals surface area contributed by atoms with Crippen molar-refractivity contribution in [3.05, 3.63) is 150 Å². The number of hydrogen-bond acceptors (Lipinski definition) is 2. The minimum atomic E-state index is -0.148. The van der Waals surface area contributed by atoms with Gasteiger partial charge in [0, 0.05) is 36.0 Å². The second-order valence-electron chi connectivity index (χ2n) is 13.6. The number of rotatable bonds is 10. The Morgan fingerprint density at radius 1 is 0.660 bits per heavy atom. The summed E-state index contributed by atoms with van der Waals surface area (Å²) in [6.45, 7) is 13.6. The van der Waals surface area contributed by atoms with Crippen molar-refractivity contribution in [1.29, 1.82) is 0 Å². The van der Waals surface area contributed by atoms with Gasteiger partial charge in [-0.3, -0.25) is 0 Å². The average molecular weight is 706 g/mol. The second-order valence-corrected chi connectivity index (χ2v) is 13.6. The van der Waals surface area contributed by atoms with Gasteiger partial charge in [0.15, 0.2) is 0 Å². The number of unbranched alkanes of at least 4 members (excludes halogenated alkanes) is 1. The zero-order valence-corrected chi connectivity index (χ0v) is 30.0. The molecule has 1 radical (unpaired) electrons. The third-order valence-electron chi connectivity index (χ3n) is 9.45. The van der Waals surface area contributed by atoms with Gasteiger partial charge in [-0.25, -0.2) is 0 Å². The molecule has 0 aliphatic heterocycles. The molecule has 0 fully saturated rings. The predicted octanol–water partition coefficient (Wildman–Crippen LogP) is 11.2. The summed E-state index contributed by atoms with van der Waals surface area (Å²) in [7, 11) is 0. The minimum Gasteiger partial charge on any atom is -0.319 e. The van der Waals surface area contributed by atoms with Gasteiger partial charge < -0.3 is 4.57 Å². The molecule has 1 aromatic heterocycles. The molecule has 0 aliphatic carbocycles. The average Bonchev–Trinajstić information content (AvgIpc) is 3.54. The van der Waals surface area contributed by atoms with Crippen molar-refractivity contribution in [3.63, 3.8) is 0 Å². The van der Waals surface area contributed by atoms with Crippen LogP contribution in [0.25, 0.3) is 39.3 Å². The van der Waals surface area contributed by atoms with Gasteiger partial charge in [0.05, 0.1) is 5.82 Å². The van der Waals surface area contributed by atoms with E-state index in [0.717, 1.165) is 47.7 Å². The molecule has 0 bridgehead atoms. The van der Waals surface area contributed by atoms with Crippen LogP contribution in [0.5, 0.6) is 0 Å². The van der Waals surface area contributed by atoms with E-state index in [0.29, 0.717) is 0 Å². The first-order valence-corrected chi connectivity index (χ1v) is 16.5. The van der Waals surface area contributed by atoms with Crippen LogP contribution < -0.4 is 0 Å².